The molecule has 1 unspecified atom stereocenters. The van der Waals surface area contributed by atoms with Crippen LogP contribution in [0.3, 0.4) is 0 Å². The number of aromatic nitrogens is 1. The highest BCUT2D eigenvalue weighted by Crippen LogP contribution is 2.15. The minimum Gasteiger partial charge on any atom is -0.480 e. The van der Waals surface area contributed by atoms with Gasteiger partial charge in [0.05, 0.1) is 0 Å². The molecule has 0 saturated heterocycles. The lowest BCUT2D eigenvalue weighted by molar-refractivity contribution is -0.138. The molecule has 0 aliphatic rings. The molecule has 3 N–H and O–H groups in total. The van der Waals surface area contributed by atoms with Gasteiger partial charge in [-0.3, -0.25) is 4.79 Å². The Morgan fingerprint density at radius 2 is 2.31 bits per heavy atom. The number of rotatable bonds is 2. The van der Waals surface area contributed by atoms with Gasteiger partial charge in [0.15, 0.2) is 0 Å². The van der Waals surface area contributed by atoms with Crippen LogP contribution in [0.1, 0.15) is 17.3 Å². The lowest BCUT2D eigenvalue weighted by Crippen LogP contribution is -2.20. The molecule has 1 aromatic rings. The minimum atomic E-state index is -1.08. The van der Waals surface area contributed by atoms with Crippen LogP contribution in [0, 0.1) is 6.92 Å². The molecule has 0 aliphatic heterocycles. The fourth-order valence-electron chi connectivity index (χ4n) is 0.976. The second-order valence-electron chi connectivity index (χ2n) is 2.68. The van der Waals surface area contributed by atoms with Crippen LogP contribution in [0.4, 0.5) is 0 Å². The molecule has 1 atom stereocenters. The van der Waals surface area contributed by atoms with E-state index in [4.69, 9.17) is 22.4 Å². The maximum absolute atomic E-state index is 10.5. The molecule has 4 nitrogen and oxygen atoms in total. The van der Waals surface area contributed by atoms with Crippen molar-refractivity contribution in [3.05, 3.63) is 28.5 Å². The first kappa shape index (κ1) is 9.95. The minimum absolute atomic E-state index is 0.256. The topological polar surface area (TPSA) is 76.2 Å². The number of aliphatic carboxylic acids is 1. The van der Waals surface area contributed by atoms with Gasteiger partial charge >= 0.3 is 5.97 Å². The summed E-state index contributed by atoms with van der Waals surface area (Å²) in [4.78, 5) is 14.4. The Bertz CT molecular complexity index is 321. The van der Waals surface area contributed by atoms with Gasteiger partial charge in [0.25, 0.3) is 0 Å². The molecule has 0 aliphatic carbocycles. The number of aryl methyl sites for hydroxylation is 1. The molecule has 0 bridgehead atoms. The summed E-state index contributed by atoms with van der Waals surface area (Å²) < 4.78 is 0. The van der Waals surface area contributed by atoms with Crippen LogP contribution in [0.25, 0.3) is 0 Å². The number of halogens is 1. The molecule has 1 heterocycles. The van der Waals surface area contributed by atoms with Crippen molar-refractivity contribution in [2.24, 2.45) is 5.73 Å². The number of hydrogen-bond donors (Lipinski definition) is 2. The van der Waals surface area contributed by atoms with Crippen LogP contribution in [0.2, 0.25) is 5.15 Å². The van der Waals surface area contributed by atoms with Crippen LogP contribution in [-0.4, -0.2) is 16.1 Å². The Labute approximate surface area is 80.3 Å². The van der Waals surface area contributed by atoms with Crippen molar-refractivity contribution in [1.82, 2.24) is 4.98 Å². The van der Waals surface area contributed by atoms with E-state index in [2.05, 4.69) is 4.98 Å². The van der Waals surface area contributed by atoms with Crippen molar-refractivity contribution in [3.63, 3.8) is 0 Å². The first-order chi connectivity index (χ1) is 6.00. The van der Waals surface area contributed by atoms with Crippen molar-refractivity contribution in [2.75, 3.05) is 0 Å². The lowest BCUT2D eigenvalue weighted by atomic mass is 10.1. The summed E-state index contributed by atoms with van der Waals surface area (Å²) in [5.74, 6) is -1.08. The highest BCUT2D eigenvalue weighted by molar-refractivity contribution is 6.29. The molecule has 0 amide bonds. The molecule has 0 saturated carbocycles. The Hall–Kier alpha value is -1.13. The zero-order valence-corrected chi connectivity index (χ0v) is 7.75. The Kier molecular flexibility index (Phi) is 2.85. The summed E-state index contributed by atoms with van der Waals surface area (Å²) >= 11 is 5.64. The molecule has 0 radical (unpaired) electrons. The van der Waals surface area contributed by atoms with Gasteiger partial charge in [0, 0.05) is 5.69 Å². The first-order valence-electron chi connectivity index (χ1n) is 3.63. The molecule has 0 spiro atoms. The number of carboxylic acids is 1. The van der Waals surface area contributed by atoms with Gasteiger partial charge in [-0.1, -0.05) is 11.6 Å². The number of hydrogen-bond acceptors (Lipinski definition) is 3. The normalized spacial score (nSPS) is 12.5. The third-order valence-corrected chi connectivity index (χ3v) is 1.76. The van der Waals surface area contributed by atoms with Gasteiger partial charge in [-0.2, -0.15) is 0 Å². The van der Waals surface area contributed by atoms with Gasteiger partial charge in [0.1, 0.15) is 11.2 Å². The third kappa shape index (κ3) is 2.40. The molecular weight excluding hydrogens is 192 g/mol. The van der Waals surface area contributed by atoms with E-state index in [0.717, 1.165) is 0 Å². The molecule has 1 aromatic heterocycles. The van der Waals surface area contributed by atoms with Gasteiger partial charge in [0.2, 0.25) is 0 Å². The molecule has 0 fully saturated rings. The van der Waals surface area contributed by atoms with E-state index in [0.29, 0.717) is 11.3 Å². The van der Waals surface area contributed by atoms with E-state index < -0.39 is 12.0 Å². The number of carboxylic acid groups (broad SMARTS) is 1. The summed E-state index contributed by atoms with van der Waals surface area (Å²) in [6, 6.07) is 2.01. The number of nitrogens with two attached hydrogens (primary N) is 1. The quantitative estimate of drug-likeness (QED) is 0.702. The van der Waals surface area contributed by atoms with Gasteiger partial charge < -0.3 is 10.8 Å². The van der Waals surface area contributed by atoms with E-state index in [1.807, 2.05) is 0 Å². The maximum atomic E-state index is 10.5. The Balaban J connectivity index is 3.07. The molecule has 70 valence electrons. The highest BCUT2D eigenvalue weighted by Gasteiger charge is 2.14. The fraction of sp³-hybridized carbons (Fsp3) is 0.250. The van der Waals surface area contributed by atoms with Crippen LogP contribution in [0.5, 0.6) is 0 Å². The standard InChI is InChI=1S/C8H9ClN2O2/c1-4-2-5(3-6(9)11-4)7(10)8(12)13/h2-3,7H,10H2,1H3,(H,12,13). The number of nitrogens with zero attached hydrogens (tertiary/aromatic N) is 1. The maximum Gasteiger partial charge on any atom is 0.325 e. The first-order valence-corrected chi connectivity index (χ1v) is 4.01. The van der Waals surface area contributed by atoms with Crippen LogP contribution in [-0.2, 0) is 4.79 Å². The summed E-state index contributed by atoms with van der Waals surface area (Å²) in [5.41, 5.74) is 6.50. The van der Waals surface area contributed by atoms with Gasteiger partial charge in [-0.15, -0.1) is 0 Å². The van der Waals surface area contributed by atoms with E-state index in [1.165, 1.54) is 6.07 Å². The Morgan fingerprint density at radius 1 is 1.69 bits per heavy atom. The highest BCUT2D eigenvalue weighted by atomic mass is 35.5. The SMILES string of the molecule is Cc1cc(C(N)C(=O)O)cc(Cl)n1. The second-order valence-corrected chi connectivity index (χ2v) is 3.07. The molecular formula is C8H9ClN2O2. The summed E-state index contributed by atoms with van der Waals surface area (Å²) in [6.45, 7) is 1.73. The van der Waals surface area contributed by atoms with E-state index in [-0.39, 0.29) is 5.15 Å². The van der Waals surface area contributed by atoms with Crippen LogP contribution in [0.15, 0.2) is 12.1 Å². The number of pyridine rings is 1. The molecule has 5 heteroatoms. The Morgan fingerprint density at radius 3 is 2.77 bits per heavy atom. The van der Waals surface area contributed by atoms with Crippen molar-refractivity contribution in [1.29, 1.82) is 0 Å². The molecule has 0 aromatic carbocycles. The zero-order chi connectivity index (χ0) is 10.0. The average Bonchev–Trinajstić information content (AvgIpc) is 2.01. The molecule has 1 rings (SSSR count). The van der Waals surface area contributed by atoms with Gasteiger partial charge in [-0.25, -0.2) is 4.98 Å². The molecule has 13 heavy (non-hydrogen) atoms. The smallest absolute Gasteiger partial charge is 0.325 e. The van der Waals surface area contributed by atoms with E-state index in [1.54, 1.807) is 13.0 Å². The second kappa shape index (κ2) is 3.72. The monoisotopic (exact) mass is 200 g/mol. The third-order valence-electron chi connectivity index (χ3n) is 1.57. The largest absolute Gasteiger partial charge is 0.480 e. The summed E-state index contributed by atoms with van der Waals surface area (Å²) in [6.07, 6.45) is 0. The van der Waals surface area contributed by atoms with Crippen LogP contribution >= 0.6 is 11.6 Å². The van der Waals surface area contributed by atoms with E-state index in [9.17, 15) is 4.79 Å². The lowest BCUT2D eigenvalue weighted by Gasteiger charge is -2.07. The zero-order valence-electron chi connectivity index (χ0n) is 6.99. The summed E-state index contributed by atoms with van der Waals surface area (Å²) in [7, 11) is 0. The summed E-state index contributed by atoms with van der Waals surface area (Å²) in [5, 5.41) is 8.88. The van der Waals surface area contributed by atoms with Crippen molar-refractivity contribution in [2.45, 2.75) is 13.0 Å². The van der Waals surface area contributed by atoms with Crippen LogP contribution < -0.4 is 5.73 Å². The van der Waals surface area contributed by atoms with Crippen molar-refractivity contribution in [3.8, 4) is 0 Å². The van der Waals surface area contributed by atoms with E-state index >= 15 is 0 Å². The predicted molar refractivity (Wildman–Crippen MR) is 48.5 cm³/mol. The predicted octanol–water partition coefficient (Wildman–Crippen LogP) is 1.13. The average molecular weight is 201 g/mol. The van der Waals surface area contributed by atoms with Crippen molar-refractivity contribution >= 4 is 17.6 Å². The number of carbonyl (C=O) groups is 1. The van der Waals surface area contributed by atoms with Gasteiger partial charge in [-0.05, 0) is 24.6 Å². The fourth-order valence-corrected chi connectivity index (χ4v) is 1.23. The van der Waals surface area contributed by atoms with Crippen molar-refractivity contribution < 1.29 is 9.90 Å².